The molecule has 1 aliphatic rings. The van der Waals surface area contributed by atoms with Gasteiger partial charge in [-0.25, -0.2) is 0 Å². The number of carbonyl (C=O) groups is 1. The van der Waals surface area contributed by atoms with E-state index in [1.165, 1.54) is 29.2 Å². The van der Waals surface area contributed by atoms with Crippen LogP contribution in [-0.2, 0) is 4.74 Å². The molecular weight excluding hydrogens is 368 g/mol. The molecule has 0 atom stereocenters. The second-order valence-corrected chi connectivity index (χ2v) is 6.32. The van der Waals surface area contributed by atoms with Crippen molar-refractivity contribution in [2.75, 3.05) is 36.1 Å². The summed E-state index contributed by atoms with van der Waals surface area (Å²) in [4.78, 5) is 26.5. The smallest absolute Gasteiger partial charge is 0.269 e. The highest BCUT2D eigenvalue weighted by molar-refractivity contribution is 7.80. The third-order valence-corrected chi connectivity index (χ3v) is 4.42. The first-order valence-corrected chi connectivity index (χ1v) is 8.69. The minimum absolute atomic E-state index is 0.0942. The van der Waals surface area contributed by atoms with Crippen LogP contribution in [0.1, 0.15) is 10.4 Å². The normalized spacial score (nSPS) is 13.9. The van der Waals surface area contributed by atoms with Crippen molar-refractivity contribution in [3.63, 3.8) is 0 Å². The van der Waals surface area contributed by atoms with Crippen LogP contribution in [-0.4, -0.2) is 42.2 Å². The Hall–Kier alpha value is -3.04. The standard InChI is InChI=1S/C18H18N4O4S/c19-18(27)21(17(23)13-1-3-16(4-2-13)22(24)25)15-7-5-14(6-8-15)20-9-11-26-12-10-20/h1-8H,9-12H2,(H2,19,27). The number of nitro benzene ring substituents is 1. The van der Waals surface area contributed by atoms with E-state index in [9.17, 15) is 14.9 Å². The Balaban J connectivity index is 1.83. The van der Waals surface area contributed by atoms with Crippen molar-refractivity contribution in [2.45, 2.75) is 0 Å². The van der Waals surface area contributed by atoms with E-state index in [1.807, 2.05) is 12.1 Å². The number of benzene rings is 2. The molecule has 1 amide bonds. The van der Waals surface area contributed by atoms with E-state index in [0.29, 0.717) is 18.9 Å². The van der Waals surface area contributed by atoms with Gasteiger partial charge in [0, 0.05) is 36.5 Å². The van der Waals surface area contributed by atoms with Gasteiger partial charge < -0.3 is 15.4 Å². The molecule has 0 aliphatic carbocycles. The lowest BCUT2D eigenvalue weighted by Crippen LogP contribution is -2.40. The lowest BCUT2D eigenvalue weighted by molar-refractivity contribution is -0.384. The second kappa shape index (κ2) is 8.11. The summed E-state index contributed by atoms with van der Waals surface area (Å²) < 4.78 is 5.35. The van der Waals surface area contributed by atoms with Crippen LogP contribution in [0.2, 0.25) is 0 Å². The van der Waals surface area contributed by atoms with Gasteiger partial charge in [-0.2, -0.15) is 0 Å². The highest BCUT2D eigenvalue weighted by Gasteiger charge is 2.21. The summed E-state index contributed by atoms with van der Waals surface area (Å²) in [5.74, 6) is -0.448. The molecule has 0 radical (unpaired) electrons. The zero-order valence-corrected chi connectivity index (χ0v) is 15.2. The Morgan fingerprint density at radius 2 is 1.70 bits per heavy atom. The number of nitrogens with zero attached hydrogens (tertiary/aromatic N) is 3. The molecule has 1 aliphatic heterocycles. The zero-order chi connectivity index (χ0) is 19.4. The van der Waals surface area contributed by atoms with Crippen LogP contribution >= 0.6 is 12.2 Å². The highest BCUT2D eigenvalue weighted by atomic mass is 32.1. The fraction of sp³-hybridized carbons (Fsp3) is 0.222. The molecule has 0 bridgehead atoms. The van der Waals surface area contributed by atoms with Crippen LogP contribution in [0.5, 0.6) is 0 Å². The predicted octanol–water partition coefficient (Wildman–Crippen LogP) is 2.32. The van der Waals surface area contributed by atoms with E-state index >= 15 is 0 Å². The molecule has 2 aromatic rings. The maximum absolute atomic E-state index is 12.8. The molecule has 140 valence electrons. The Bertz CT molecular complexity index is 849. The number of carbonyl (C=O) groups excluding carboxylic acids is 1. The van der Waals surface area contributed by atoms with Gasteiger partial charge in [-0.15, -0.1) is 0 Å². The van der Waals surface area contributed by atoms with Crippen LogP contribution in [0.4, 0.5) is 17.1 Å². The SMILES string of the molecule is NC(=S)N(C(=O)c1ccc([N+](=O)[O-])cc1)c1ccc(N2CCOCC2)cc1. The molecule has 1 fully saturated rings. The van der Waals surface area contributed by atoms with Crippen LogP contribution in [0, 0.1) is 10.1 Å². The average molecular weight is 386 g/mol. The number of hydrogen-bond acceptors (Lipinski definition) is 6. The lowest BCUT2D eigenvalue weighted by atomic mass is 10.1. The number of thiocarbonyl (C=S) groups is 1. The monoisotopic (exact) mass is 386 g/mol. The van der Waals surface area contributed by atoms with E-state index in [0.717, 1.165) is 18.8 Å². The quantitative estimate of drug-likeness (QED) is 0.489. The number of nitro groups is 1. The molecule has 0 unspecified atom stereocenters. The fourth-order valence-electron chi connectivity index (χ4n) is 2.83. The summed E-state index contributed by atoms with van der Waals surface area (Å²) in [7, 11) is 0. The lowest BCUT2D eigenvalue weighted by Gasteiger charge is -2.29. The number of non-ortho nitro benzene ring substituents is 1. The first-order valence-electron chi connectivity index (χ1n) is 8.28. The Labute approximate surface area is 161 Å². The van der Waals surface area contributed by atoms with Crippen LogP contribution in [0.25, 0.3) is 0 Å². The summed E-state index contributed by atoms with van der Waals surface area (Å²) in [6.07, 6.45) is 0. The molecule has 27 heavy (non-hydrogen) atoms. The first-order chi connectivity index (χ1) is 13.0. The summed E-state index contributed by atoms with van der Waals surface area (Å²) in [5.41, 5.74) is 7.48. The van der Waals surface area contributed by atoms with Crippen molar-refractivity contribution < 1.29 is 14.5 Å². The van der Waals surface area contributed by atoms with Gasteiger partial charge in [0.15, 0.2) is 5.11 Å². The number of hydrogen-bond donors (Lipinski definition) is 1. The molecule has 2 aromatic carbocycles. The number of rotatable bonds is 4. The van der Waals surface area contributed by atoms with Crippen LogP contribution in [0.3, 0.4) is 0 Å². The predicted molar refractivity (Wildman–Crippen MR) is 106 cm³/mol. The summed E-state index contributed by atoms with van der Waals surface area (Å²) in [6.45, 7) is 2.97. The molecule has 0 saturated carbocycles. The van der Waals surface area contributed by atoms with Crippen molar-refractivity contribution in [3.8, 4) is 0 Å². The molecule has 8 nitrogen and oxygen atoms in total. The summed E-state index contributed by atoms with van der Waals surface area (Å²) >= 11 is 5.05. The molecule has 1 heterocycles. The number of morpholine rings is 1. The summed E-state index contributed by atoms with van der Waals surface area (Å²) in [5, 5.41) is 10.7. The maximum Gasteiger partial charge on any atom is 0.269 e. The zero-order valence-electron chi connectivity index (χ0n) is 14.4. The Kier molecular flexibility index (Phi) is 5.63. The van der Waals surface area contributed by atoms with Gasteiger partial charge in [0.25, 0.3) is 11.6 Å². The van der Waals surface area contributed by atoms with E-state index in [-0.39, 0.29) is 16.4 Å². The highest BCUT2D eigenvalue weighted by Crippen LogP contribution is 2.24. The van der Waals surface area contributed by atoms with E-state index in [1.54, 1.807) is 12.1 Å². The number of anilines is 2. The van der Waals surface area contributed by atoms with Gasteiger partial charge in [-0.1, -0.05) is 0 Å². The van der Waals surface area contributed by atoms with Crippen molar-refractivity contribution in [2.24, 2.45) is 5.73 Å². The number of ether oxygens (including phenoxy) is 1. The minimum Gasteiger partial charge on any atom is -0.378 e. The fourth-order valence-corrected chi connectivity index (χ4v) is 3.02. The first kappa shape index (κ1) is 18.7. The van der Waals surface area contributed by atoms with Gasteiger partial charge in [0.2, 0.25) is 0 Å². The molecule has 0 aromatic heterocycles. The van der Waals surface area contributed by atoms with Gasteiger partial charge in [0.05, 0.1) is 23.8 Å². The largest absolute Gasteiger partial charge is 0.378 e. The van der Waals surface area contributed by atoms with Gasteiger partial charge in [0.1, 0.15) is 0 Å². The summed E-state index contributed by atoms with van der Waals surface area (Å²) in [6, 6.07) is 12.6. The number of amides is 1. The molecule has 1 saturated heterocycles. The molecule has 3 rings (SSSR count). The molecule has 0 spiro atoms. The third kappa shape index (κ3) is 4.21. The van der Waals surface area contributed by atoms with E-state index in [2.05, 4.69) is 4.90 Å². The maximum atomic E-state index is 12.8. The Morgan fingerprint density at radius 1 is 1.11 bits per heavy atom. The van der Waals surface area contributed by atoms with Crippen molar-refractivity contribution in [1.29, 1.82) is 0 Å². The van der Waals surface area contributed by atoms with Crippen LogP contribution < -0.4 is 15.5 Å². The van der Waals surface area contributed by atoms with Gasteiger partial charge in [-0.3, -0.25) is 19.8 Å². The van der Waals surface area contributed by atoms with Gasteiger partial charge in [-0.05, 0) is 48.6 Å². The van der Waals surface area contributed by atoms with Crippen LogP contribution in [0.15, 0.2) is 48.5 Å². The Morgan fingerprint density at radius 3 is 2.22 bits per heavy atom. The van der Waals surface area contributed by atoms with Crippen molar-refractivity contribution in [1.82, 2.24) is 0 Å². The average Bonchev–Trinajstić information content (AvgIpc) is 2.69. The van der Waals surface area contributed by atoms with E-state index in [4.69, 9.17) is 22.7 Å². The van der Waals surface area contributed by atoms with Crippen molar-refractivity contribution in [3.05, 3.63) is 64.2 Å². The number of nitrogens with two attached hydrogens (primary N) is 1. The molecule has 2 N–H and O–H groups in total. The molecular formula is C18H18N4O4S. The van der Waals surface area contributed by atoms with E-state index < -0.39 is 10.8 Å². The van der Waals surface area contributed by atoms with Gasteiger partial charge >= 0.3 is 0 Å². The minimum atomic E-state index is -0.524. The second-order valence-electron chi connectivity index (χ2n) is 5.90. The van der Waals surface area contributed by atoms with Crippen molar-refractivity contribution >= 4 is 40.3 Å². The third-order valence-electron chi connectivity index (χ3n) is 4.23. The molecule has 9 heteroatoms. The topological polar surface area (TPSA) is 102 Å².